The predicted molar refractivity (Wildman–Crippen MR) is 76.1 cm³/mol. The SMILES string of the molecule is Cc1cc(=O)oc2ccc(OC/C=C3\CCC(=O)O3)cc12. The molecule has 1 aromatic carbocycles. The molecule has 0 atom stereocenters. The number of carbonyl (C=O) groups excluding carboxylic acids is 1. The molecule has 0 spiro atoms. The summed E-state index contributed by atoms with van der Waals surface area (Å²) in [5, 5.41) is 0.840. The van der Waals surface area contributed by atoms with Crippen molar-refractivity contribution >= 4 is 16.9 Å². The van der Waals surface area contributed by atoms with Gasteiger partial charge in [-0.05, 0) is 36.8 Å². The van der Waals surface area contributed by atoms with Crippen molar-refractivity contribution in [3.05, 3.63) is 52.1 Å². The third-order valence-corrected chi connectivity index (χ3v) is 3.30. The number of cyclic esters (lactones) is 1. The van der Waals surface area contributed by atoms with Gasteiger partial charge in [-0.25, -0.2) is 4.79 Å². The number of esters is 1. The molecule has 1 aliphatic heterocycles. The fourth-order valence-corrected chi connectivity index (χ4v) is 2.24. The van der Waals surface area contributed by atoms with E-state index in [0.29, 0.717) is 36.5 Å². The number of benzene rings is 1. The van der Waals surface area contributed by atoms with E-state index in [9.17, 15) is 9.59 Å². The van der Waals surface area contributed by atoms with E-state index in [0.717, 1.165) is 10.9 Å². The van der Waals surface area contributed by atoms with Crippen molar-refractivity contribution in [2.75, 3.05) is 6.61 Å². The minimum absolute atomic E-state index is 0.197. The van der Waals surface area contributed by atoms with Crippen LogP contribution in [0.4, 0.5) is 0 Å². The molecular weight excluding hydrogens is 272 g/mol. The molecule has 0 radical (unpaired) electrons. The van der Waals surface area contributed by atoms with Gasteiger partial charge in [0.2, 0.25) is 0 Å². The molecule has 5 nitrogen and oxygen atoms in total. The van der Waals surface area contributed by atoms with Crippen LogP contribution < -0.4 is 10.4 Å². The highest BCUT2D eigenvalue weighted by Crippen LogP contribution is 2.23. The van der Waals surface area contributed by atoms with Crippen LogP contribution in [-0.4, -0.2) is 12.6 Å². The Morgan fingerprint density at radius 1 is 1.24 bits per heavy atom. The number of rotatable bonds is 3. The number of fused-ring (bicyclic) bond motifs is 1. The van der Waals surface area contributed by atoms with E-state index in [1.54, 1.807) is 18.2 Å². The summed E-state index contributed by atoms with van der Waals surface area (Å²) in [5.41, 5.74) is 1.02. The summed E-state index contributed by atoms with van der Waals surface area (Å²) >= 11 is 0. The molecule has 1 fully saturated rings. The van der Waals surface area contributed by atoms with Crippen LogP contribution in [0, 0.1) is 6.92 Å². The first kappa shape index (κ1) is 13.4. The fraction of sp³-hybridized carbons (Fsp3) is 0.250. The van der Waals surface area contributed by atoms with Gasteiger partial charge in [0.05, 0.1) is 6.42 Å². The van der Waals surface area contributed by atoms with Crippen molar-refractivity contribution in [1.82, 2.24) is 0 Å². The molecule has 1 aliphatic rings. The van der Waals surface area contributed by atoms with Crippen LogP contribution in [-0.2, 0) is 9.53 Å². The van der Waals surface area contributed by atoms with Gasteiger partial charge in [-0.2, -0.15) is 0 Å². The third-order valence-electron chi connectivity index (χ3n) is 3.30. The first-order chi connectivity index (χ1) is 10.1. The van der Waals surface area contributed by atoms with Crippen molar-refractivity contribution in [1.29, 1.82) is 0 Å². The number of carbonyl (C=O) groups is 1. The summed E-state index contributed by atoms with van der Waals surface area (Å²) in [7, 11) is 0. The standard InChI is InChI=1S/C16H14O5/c1-10-8-16(18)21-14-4-2-12(9-13(10)14)19-7-6-11-3-5-15(17)20-11/h2,4,6,8-9H,3,5,7H2,1H3/b11-6+. The number of hydrogen-bond acceptors (Lipinski definition) is 5. The van der Waals surface area contributed by atoms with Crippen LogP contribution >= 0.6 is 0 Å². The van der Waals surface area contributed by atoms with Crippen LogP contribution in [0.2, 0.25) is 0 Å². The van der Waals surface area contributed by atoms with E-state index in [1.807, 2.05) is 13.0 Å². The zero-order valence-corrected chi connectivity index (χ0v) is 11.5. The highest BCUT2D eigenvalue weighted by Gasteiger charge is 2.16. The summed E-state index contributed by atoms with van der Waals surface area (Å²) in [6, 6.07) is 6.73. The van der Waals surface area contributed by atoms with Gasteiger partial charge in [0.1, 0.15) is 23.7 Å². The topological polar surface area (TPSA) is 65.7 Å². The number of ether oxygens (including phenoxy) is 2. The smallest absolute Gasteiger partial charge is 0.336 e. The van der Waals surface area contributed by atoms with Crippen molar-refractivity contribution in [3.63, 3.8) is 0 Å². The molecule has 0 aliphatic carbocycles. The Hall–Kier alpha value is -2.56. The molecule has 0 saturated carbocycles. The Balaban J connectivity index is 1.76. The normalized spacial score (nSPS) is 16.4. The van der Waals surface area contributed by atoms with E-state index < -0.39 is 0 Å². The second-order valence-corrected chi connectivity index (χ2v) is 4.86. The maximum atomic E-state index is 11.3. The van der Waals surface area contributed by atoms with E-state index in [2.05, 4.69) is 0 Å². The Labute approximate surface area is 120 Å². The van der Waals surface area contributed by atoms with Gasteiger partial charge >= 0.3 is 11.6 Å². The Morgan fingerprint density at radius 3 is 2.86 bits per heavy atom. The number of aryl methyl sites for hydroxylation is 1. The van der Waals surface area contributed by atoms with Gasteiger partial charge in [-0.3, -0.25) is 4.79 Å². The minimum atomic E-state index is -0.360. The van der Waals surface area contributed by atoms with Crippen molar-refractivity contribution < 1.29 is 18.7 Å². The quantitative estimate of drug-likeness (QED) is 0.641. The Morgan fingerprint density at radius 2 is 2.10 bits per heavy atom. The molecule has 2 aromatic rings. The van der Waals surface area contributed by atoms with E-state index >= 15 is 0 Å². The molecule has 5 heteroatoms. The summed E-state index contributed by atoms with van der Waals surface area (Å²) in [6.07, 6.45) is 2.82. The molecular formula is C16H14O5. The van der Waals surface area contributed by atoms with Gasteiger partial charge in [0.25, 0.3) is 0 Å². The molecule has 21 heavy (non-hydrogen) atoms. The van der Waals surface area contributed by atoms with Crippen LogP contribution in [0.3, 0.4) is 0 Å². The van der Waals surface area contributed by atoms with Gasteiger partial charge in [-0.15, -0.1) is 0 Å². The van der Waals surface area contributed by atoms with Crippen LogP contribution in [0.25, 0.3) is 11.0 Å². The summed E-state index contributed by atoms with van der Waals surface area (Å²) < 4.78 is 15.7. The fourth-order valence-electron chi connectivity index (χ4n) is 2.24. The molecule has 0 amide bonds. The Kier molecular flexibility index (Phi) is 3.48. The molecule has 0 N–H and O–H groups in total. The van der Waals surface area contributed by atoms with Gasteiger partial charge < -0.3 is 13.9 Å². The average molecular weight is 286 g/mol. The zero-order chi connectivity index (χ0) is 14.8. The largest absolute Gasteiger partial charge is 0.489 e. The lowest BCUT2D eigenvalue weighted by atomic mass is 10.1. The summed E-state index contributed by atoms with van der Waals surface area (Å²) in [4.78, 5) is 22.2. The highest BCUT2D eigenvalue weighted by atomic mass is 16.5. The second kappa shape index (κ2) is 5.44. The lowest BCUT2D eigenvalue weighted by molar-refractivity contribution is -0.135. The van der Waals surface area contributed by atoms with E-state index in [1.165, 1.54) is 6.07 Å². The second-order valence-electron chi connectivity index (χ2n) is 4.86. The van der Waals surface area contributed by atoms with Crippen molar-refractivity contribution in [2.24, 2.45) is 0 Å². The van der Waals surface area contributed by atoms with Crippen LogP contribution in [0.15, 0.2) is 45.3 Å². The first-order valence-electron chi connectivity index (χ1n) is 6.69. The van der Waals surface area contributed by atoms with Crippen molar-refractivity contribution in [3.8, 4) is 5.75 Å². The molecule has 108 valence electrons. The number of allylic oxidation sites excluding steroid dienone is 1. The molecule has 1 aromatic heterocycles. The van der Waals surface area contributed by atoms with Crippen LogP contribution in [0.5, 0.6) is 5.75 Å². The molecule has 3 rings (SSSR count). The van der Waals surface area contributed by atoms with Gasteiger partial charge in [0.15, 0.2) is 0 Å². The van der Waals surface area contributed by atoms with E-state index in [-0.39, 0.29) is 11.6 Å². The monoisotopic (exact) mass is 286 g/mol. The predicted octanol–water partition coefficient (Wildman–Crippen LogP) is 2.70. The lowest BCUT2D eigenvalue weighted by Crippen LogP contribution is -1.99. The first-order valence-corrected chi connectivity index (χ1v) is 6.69. The number of hydrogen-bond donors (Lipinski definition) is 0. The summed E-state index contributed by atoms with van der Waals surface area (Å²) in [6.45, 7) is 2.17. The molecule has 0 unspecified atom stereocenters. The Bertz CT molecular complexity index is 785. The highest BCUT2D eigenvalue weighted by molar-refractivity contribution is 5.81. The molecule has 0 bridgehead atoms. The molecule has 1 saturated heterocycles. The zero-order valence-electron chi connectivity index (χ0n) is 11.5. The minimum Gasteiger partial charge on any atom is -0.489 e. The maximum absolute atomic E-state index is 11.3. The van der Waals surface area contributed by atoms with Crippen molar-refractivity contribution in [2.45, 2.75) is 19.8 Å². The lowest BCUT2D eigenvalue weighted by Gasteiger charge is -2.06. The maximum Gasteiger partial charge on any atom is 0.336 e. The third kappa shape index (κ3) is 2.97. The summed E-state index contributed by atoms with van der Waals surface area (Å²) in [5.74, 6) is 1.13. The van der Waals surface area contributed by atoms with Gasteiger partial charge in [0, 0.05) is 17.9 Å². The van der Waals surface area contributed by atoms with Crippen LogP contribution in [0.1, 0.15) is 18.4 Å². The van der Waals surface area contributed by atoms with E-state index in [4.69, 9.17) is 13.9 Å². The van der Waals surface area contributed by atoms with Gasteiger partial charge in [-0.1, -0.05) is 0 Å². The molecule has 2 heterocycles. The average Bonchev–Trinajstić information content (AvgIpc) is 2.85.